The lowest BCUT2D eigenvalue weighted by Crippen LogP contribution is -2.34. The van der Waals surface area contributed by atoms with Crippen molar-refractivity contribution in [1.82, 2.24) is 4.90 Å². The van der Waals surface area contributed by atoms with Gasteiger partial charge in [0.05, 0.1) is 0 Å². The molecule has 1 fully saturated rings. The van der Waals surface area contributed by atoms with E-state index in [-0.39, 0.29) is 11.8 Å². The molecule has 2 atom stereocenters. The Bertz CT molecular complexity index is 229. The summed E-state index contributed by atoms with van der Waals surface area (Å²) in [7, 11) is 0. The monoisotopic (exact) mass is 179 g/mol. The fourth-order valence-corrected chi connectivity index (χ4v) is 1.84. The Morgan fingerprint density at radius 2 is 2.46 bits per heavy atom. The van der Waals surface area contributed by atoms with E-state index in [9.17, 15) is 4.79 Å². The lowest BCUT2D eigenvalue weighted by molar-refractivity contribution is -0.129. The van der Waals surface area contributed by atoms with E-state index in [1.807, 2.05) is 4.90 Å². The minimum Gasteiger partial charge on any atom is -0.339 e. The third-order valence-electron chi connectivity index (χ3n) is 2.63. The molecule has 0 aromatic rings. The van der Waals surface area contributed by atoms with E-state index in [1.165, 1.54) is 0 Å². The van der Waals surface area contributed by atoms with Crippen LogP contribution in [0.1, 0.15) is 33.1 Å². The number of rotatable bonds is 3. The first-order chi connectivity index (χ1) is 6.19. The molecule has 0 N–H and O–H groups in total. The average Bonchev–Trinajstić information content (AvgIpc) is 2.47. The van der Waals surface area contributed by atoms with Gasteiger partial charge in [-0.2, -0.15) is 0 Å². The van der Waals surface area contributed by atoms with Crippen molar-refractivity contribution in [2.24, 2.45) is 5.92 Å². The maximum absolute atomic E-state index is 11.5. The quantitative estimate of drug-likeness (QED) is 0.603. The van der Waals surface area contributed by atoms with Crippen molar-refractivity contribution in [3.63, 3.8) is 0 Å². The van der Waals surface area contributed by atoms with Gasteiger partial charge in [0.25, 0.3) is 0 Å². The summed E-state index contributed by atoms with van der Waals surface area (Å²) >= 11 is 0. The molecule has 1 saturated heterocycles. The molecule has 0 bridgehead atoms. The Kier molecular flexibility index (Phi) is 3.36. The first-order valence-corrected chi connectivity index (χ1v) is 4.94. The number of hydrogen-bond donors (Lipinski definition) is 0. The van der Waals surface area contributed by atoms with Crippen LogP contribution in [0.3, 0.4) is 0 Å². The molecule has 1 rings (SSSR count). The Morgan fingerprint density at radius 3 is 2.92 bits per heavy atom. The van der Waals surface area contributed by atoms with E-state index >= 15 is 0 Å². The van der Waals surface area contributed by atoms with Gasteiger partial charge in [-0.1, -0.05) is 13.3 Å². The van der Waals surface area contributed by atoms with Gasteiger partial charge >= 0.3 is 0 Å². The zero-order chi connectivity index (χ0) is 9.84. The second-order valence-electron chi connectivity index (χ2n) is 3.75. The fraction of sp³-hybridized carbons (Fsp3) is 0.727. The average molecular weight is 179 g/mol. The maximum atomic E-state index is 11.5. The van der Waals surface area contributed by atoms with Crippen LogP contribution in [0.25, 0.3) is 0 Å². The number of likely N-dealkylation sites (tertiary alicyclic amines) is 1. The Hall–Kier alpha value is -0.970. The number of hydrogen-bond acceptors (Lipinski definition) is 1. The molecule has 0 aromatic heterocycles. The van der Waals surface area contributed by atoms with Crippen molar-refractivity contribution >= 4 is 5.91 Å². The second kappa shape index (κ2) is 4.32. The van der Waals surface area contributed by atoms with Crippen LogP contribution in [0.4, 0.5) is 0 Å². The minimum atomic E-state index is 0.145. The zero-order valence-corrected chi connectivity index (χ0v) is 8.42. The predicted octanol–water partition coefficient (Wildman–Crippen LogP) is 1.66. The first-order valence-electron chi connectivity index (χ1n) is 4.94. The van der Waals surface area contributed by atoms with Crippen molar-refractivity contribution in [2.45, 2.75) is 39.2 Å². The van der Waals surface area contributed by atoms with Gasteiger partial charge in [-0.15, -0.1) is 12.3 Å². The molecule has 72 valence electrons. The molecule has 13 heavy (non-hydrogen) atoms. The molecule has 0 saturated carbocycles. The van der Waals surface area contributed by atoms with Gasteiger partial charge in [0.1, 0.15) is 0 Å². The Morgan fingerprint density at radius 1 is 1.77 bits per heavy atom. The van der Waals surface area contributed by atoms with Crippen molar-refractivity contribution in [1.29, 1.82) is 0 Å². The number of terminal acetylenes is 1. The van der Waals surface area contributed by atoms with Gasteiger partial charge in [-0.3, -0.25) is 4.79 Å². The highest BCUT2D eigenvalue weighted by Gasteiger charge is 2.30. The standard InChI is InChI=1S/C11H17NO/c1-4-6-9(3)12-8-10(5-2)7-11(12)13/h2,9-10H,4,6-8H2,1,3H3. The smallest absolute Gasteiger partial charge is 0.224 e. The van der Waals surface area contributed by atoms with Crippen LogP contribution >= 0.6 is 0 Å². The summed E-state index contributed by atoms with van der Waals surface area (Å²) in [5.74, 6) is 3.03. The van der Waals surface area contributed by atoms with Crippen LogP contribution in [0, 0.1) is 18.3 Å². The number of carbonyl (C=O) groups is 1. The van der Waals surface area contributed by atoms with Crippen molar-refractivity contribution in [2.75, 3.05) is 6.54 Å². The second-order valence-corrected chi connectivity index (χ2v) is 3.75. The third kappa shape index (κ3) is 2.24. The van der Waals surface area contributed by atoms with Gasteiger partial charge < -0.3 is 4.90 Å². The third-order valence-corrected chi connectivity index (χ3v) is 2.63. The molecule has 0 radical (unpaired) electrons. The van der Waals surface area contributed by atoms with Crippen molar-refractivity contribution in [3.05, 3.63) is 0 Å². The summed E-state index contributed by atoms with van der Waals surface area (Å²) in [5, 5.41) is 0. The summed E-state index contributed by atoms with van der Waals surface area (Å²) in [6, 6.07) is 0.357. The molecule has 2 nitrogen and oxygen atoms in total. The molecule has 2 heteroatoms. The summed E-state index contributed by atoms with van der Waals surface area (Å²) in [5.41, 5.74) is 0. The highest BCUT2D eigenvalue weighted by Crippen LogP contribution is 2.20. The van der Waals surface area contributed by atoms with Gasteiger partial charge in [0.15, 0.2) is 0 Å². The summed E-state index contributed by atoms with van der Waals surface area (Å²) in [6.07, 6.45) is 8.04. The van der Waals surface area contributed by atoms with Crippen LogP contribution in [-0.2, 0) is 4.79 Å². The lowest BCUT2D eigenvalue weighted by atomic mass is 10.1. The first kappa shape index (κ1) is 10.1. The van der Waals surface area contributed by atoms with Crippen LogP contribution in [0.2, 0.25) is 0 Å². The van der Waals surface area contributed by atoms with E-state index in [0.717, 1.165) is 19.4 Å². The minimum absolute atomic E-state index is 0.145. The van der Waals surface area contributed by atoms with E-state index in [4.69, 9.17) is 6.42 Å². The van der Waals surface area contributed by atoms with Gasteiger partial charge in [0, 0.05) is 24.9 Å². The molecular formula is C11H17NO. The van der Waals surface area contributed by atoms with E-state index in [2.05, 4.69) is 19.8 Å². The molecular weight excluding hydrogens is 162 g/mol. The fourth-order valence-electron chi connectivity index (χ4n) is 1.84. The molecule has 0 aliphatic carbocycles. The lowest BCUT2D eigenvalue weighted by Gasteiger charge is -2.23. The summed E-state index contributed by atoms with van der Waals surface area (Å²) < 4.78 is 0. The van der Waals surface area contributed by atoms with E-state index in [0.29, 0.717) is 12.5 Å². The topological polar surface area (TPSA) is 20.3 Å². The van der Waals surface area contributed by atoms with E-state index in [1.54, 1.807) is 0 Å². The zero-order valence-electron chi connectivity index (χ0n) is 8.42. The Balaban J connectivity index is 2.52. The molecule has 1 heterocycles. The highest BCUT2D eigenvalue weighted by molar-refractivity contribution is 5.79. The Labute approximate surface area is 80.3 Å². The molecule has 2 unspecified atom stereocenters. The normalized spacial score (nSPS) is 24.5. The highest BCUT2D eigenvalue weighted by atomic mass is 16.2. The summed E-state index contributed by atoms with van der Waals surface area (Å²) in [4.78, 5) is 13.4. The van der Waals surface area contributed by atoms with Gasteiger partial charge in [0.2, 0.25) is 5.91 Å². The molecule has 0 spiro atoms. The molecule has 1 aliphatic heterocycles. The molecule has 0 aromatic carbocycles. The number of amides is 1. The van der Waals surface area contributed by atoms with Gasteiger partial charge in [-0.25, -0.2) is 0 Å². The van der Waals surface area contributed by atoms with Crippen LogP contribution in [0.5, 0.6) is 0 Å². The van der Waals surface area contributed by atoms with Crippen LogP contribution in [0.15, 0.2) is 0 Å². The van der Waals surface area contributed by atoms with E-state index < -0.39 is 0 Å². The predicted molar refractivity (Wildman–Crippen MR) is 53.0 cm³/mol. The van der Waals surface area contributed by atoms with Crippen molar-refractivity contribution in [3.8, 4) is 12.3 Å². The van der Waals surface area contributed by atoms with Crippen LogP contribution < -0.4 is 0 Å². The number of nitrogens with zero attached hydrogens (tertiary/aromatic N) is 1. The molecule has 1 aliphatic rings. The molecule has 1 amide bonds. The van der Waals surface area contributed by atoms with Gasteiger partial charge in [-0.05, 0) is 13.3 Å². The summed E-state index contributed by atoms with van der Waals surface area (Å²) in [6.45, 7) is 4.99. The van der Waals surface area contributed by atoms with Crippen molar-refractivity contribution < 1.29 is 4.79 Å². The SMILES string of the molecule is C#CC1CC(=O)N(C(C)CCC)C1. The maximum Gasteiger partial charge on any atom is 0.224 e. The largest absolute Gasteiger partial charge is 0.339 e. The number of carbonyl (C=O) groups excluding carboxylic acids is 1. The van der Waals surface area contributed by atoms with Crippen LogP contribution in [-0.4, -0.2) is 23.4 Å².